The highest BCUT2D eigenvalue weighted by atomic mass is 19.4. The Balaban J connectivity index is 2.07. The first-order valence-electron chi connectivity index (χ1n) is 8.46. The van der Waals surface area contributed by atoms with E-state index in [1.54, 1.807) is 19.2 Å². The zero-order valence-electron chi connectivity index (χ0n) is 15.7. The van der Waals surface area contributed by atoms with E-state index in [4.69, 9.17) is 10.5 Å². The Labute approximate surface area is 164 Å². The first-order valence-corrected chi connectivity index (χ1v) is 8.46. The lowest BCUT2D eigenvalue weighted by Gasteiger charge is -2.16. The molecule has 2 aromatic carbocycles. The number of nitrogens with two attached hydrogens (primary N) is 1. The van der Waals surface area contributed by atoms with Gasteiger partial charge in [-0.05, 0) is 17.7 Å². The molecule has 0 atom stereocenters. The largest absolute Gasteiger partial charge is 0.465 e. The van der Waals surface area contributed by atoms with E-state index >= 15 is 0 Å². The second-order valence-corrected chi connectivity index (χ2v) is 6.24. The van der Waals surface area contributed by atoms with E-state index < -0.39 is 17.7 Å². The molecule has 0 aliphatic carbocycles. The lowest BCUT2D eigenvalue weighted by atomic mass is 10.1. The molecule has 6 nitrogen and oxygen atoms in total. The fourth-order valence-corrected chi connectivity index (χ4v) is 2.87. The second kappa shape index (κ2) is 7.96. The summed E-state index contributed by atoms with van der Waals surface area (Å²) < 4.78 is 51.5. The van der Waals surface area contributed by atoms with Crippen molar-refractivity contribution in [3.8, 4) is 16.9 Å². The molecule has 3 aromatic rings. The maximum atomic E-state index is 13.6. The lowest BCUT2D eigenvalue weighted by molar-refractivity contribution is -0.137. The van der Waals surface area contributed by atoms with E-state index in [2.05, 4.69) is 9.72 Å². The molecule has 1 heterocycles. The third-order valence-corrected chi connectivity index (χ3v) is 4.30. The molecule has 0 amide bonds. The van der Waals surface area contributed by atoms with Gasteiger partial charge < -0.3 is 19.8 Å². The molecule has 3 rings (SSSR count). The standard InChI is InChI=1S/C20H18F3N3O3/c1-28-10-12-3-5-13(6-4-12)17-9-26(11-25-17)18-7-14(19(27)29-2)16(24)8-15(18)20(21,22)23/h3-9,11H,10,24H2,1-2H3. The number of imidazole rings is 1. The quantitative estimate of drug-likeness (QED) is 0.511. The molecule has 0 aliphatic rings. The van der Waals surface area contributed by atoms with Crippen molar-refractivity contribution in [3.63, 3.8) is 0 Å². The maximum absolute atomic E-state index is 13.6. The average Bonchev–Trinajstić information content (AvgIpc) is 3.17. The molecule has 2 N–H and O–H groups in total. The van der Waals surface area contributed by atoms with Crippen molar-refractivity contribution >= 4 is 11.7 Å². The summed E-state index contributed by atoms with van der Waals surface area (Å²) in [5.74, 6) is -0.827. The smallest absolute Gasteiger partial charge is 0.418 e. The fraction of sp³-hybridized carbons (Fsp3) is 0.200. The van der Waals surface area contributed by atoms with Gasteiger partial charge in [-0.3, -0.25) is 0 Å². The number of methoxy groups -OCH3 is 2. The number of hydrogen-bond acceptors (Lipinski definition) is 5. The van der Waals surface area contributed by atoms with Crippen LogP contribution >= 0.6 is 0 Å². The summed E-state index contributed by atoms with van der Waals surface area (Å²) in [5.41, 5.74) is 6.05. The van der Waals surface area contributed by atoms with E-state index in [1.165, 1.54) is 17.1 Å². The number of carbonyl (C=O) groups excluding carboxylic acids is 1. The van der Waals surface area contributed by atoms with Gasteiger partial charge in [0.25, 0.3) is 0 Å². The minimum atomic E-state index is -4.68. The van der Waals surface area contributed by atoms with Gasteiger partial charge in [-0.15, -0.1) is 0 Å². The Morgan fingerprint density at radius 3 is 2.45 bits per heavy atom. The average molecular weight is 405 g/mol. The van der Waals surface area contributed by atoms with Gasteiger partial charge in [0.2, 0.25) is 0 Å². The van der Waals surface area contributed by atoms with Gasteiger partial charge in [-0.1, -0.05) is 24.3 Å². The molecule has 1 aromatic heterocycles. The molecule has 0 unspecified atom stereocenters. The molecule has 0 aliphatic heterocycles. The van der Waals surface area contributed by atoms with Crippen molar-refractivity contribution in [1.82, 2.24) is 9.55 Å². The van der Waals surface area contributed by atoms with Crippen LogP contribution in [0.5, 0.6) is 0 Å². The zero-order valence-corrected chi connectivity index (χ0v) is 15.7. The van der Waals surface area contributed by atoms with Crippen molar-refractivity contribution in [2.45, 2.75) is 12.8 Å². The van der Waals surface area contributed by atoms with Crippen LogP contribution < -0.4 is 5.73 Å². The summed E-state index contributed by atoms with van der Waals surface area (Å²) >= 11 is 0. The Morgan fingerprint density at radius 2 is 1.86 bits per heavy atom. The van der Waals surface area contributed by atoms with Gasteiger partial charge in [0.1, 0.15) is 0 Å². The van der Waals surface area contributed by atoms with E-state index in [0.29, 0.717) is 12.3 Å². The summed E-state index contributed by atoms with van der Waals surface area (Å²) in [5, 5.41) is 0. The van der Waals surface area contributed by atoms with Crippen molar-refractivity contribution in [2.24, 2.45) is 0 Å². The molecule has 0 radical (unpaired) electrons. The van der Waals surface area contributed by atoms with E-state index in [0.717, 1.165) is 30.4 Å². The minimum Gasteiger partial charge on any atom is -0.465 e. The van der Waals surface area contributed by atoms with Crippen molar-refractivity contribution in [1.29, 1.82) is 0 Å². The molecule has 0 fully saturated rings. The van der Waals surface area contributed by atoms with Crippen LogP contribution in [0.15, 0.2) is 48.9 Å². The lowest BCUT2D eigenvalue weighted by Crippen LogP contribution is -2.14. The molecule has 0 saturated heterocycles. The van der Waals surface area contributed by atoms with Crippen LogP contribution in [0.3, 0.4) is 0 Å². The van der Waals surface area contributed by atoms with E-state index in [9.17, 15) is 18.0 Å². The van der Waals surface area contributed by atoms with Crippen LogP contribution in [0.25, 0.3) is 16.9 Å². The maximum Gasteiger partial charge on any atom is 0.418 e. The van der Waals surface area contributed by atoms with Crippen LogP contribution in [0.4, 0.5) is 18.9 Å². The molecule has 29 heavy (non-hydrogen) atoms. The van der Waals surface area contributed by atoms with Gasteiger partial charge in [-0.25, -0.2) is 9.78 Å². The fourth-order valence-electron chi connectivity index (χ4n) is 2.87. The second-order valence-electron chi connectivity index (χ2n) is 6.24. The number of halogens is 3. The topological polar surface area (TPSA) is 79.4 Å². The Kier molecular flexibility index (Phi) is 5.60. The van der Waals surface area contributed by atoms with Crippen molar-refractivity contribution in [3.05, 3.63) is 65.6 Å². The first kappa shape index (κ1) is 20.4. The first-order chi connectivity index (χ1) is 13.7. The monoisotopic (exact) mass is 405 g/mol. The highest BCUT2D eigenvalue weighted by Gasteiger charge is 2.35. The number of rotatable bonds is 5. The highest BCUT2D eigenvalue weighted by molar-refractivity contribution is 5.96. The molecule has 0 bridgehead atoms. The number of alkyl halides is 3. The number of esters is 1. The third kappa shape index (κ3) is 4.24. The Morgan fingerprint density at radius 1 is 1.17 bits per heavy atom. The minimum absolute atomic E-state index is 0.158. The van der Waals surface area contributed by atoms with Crippen LogP contribution in [-0.2, 0) is 22.3 Å². The van der Waals surface area contributed by atoms with E-state index in [1.807, 2.05) is 12.1 Å². The van der Waals surface area contributed by atoms with E-state index in [-0.39, 0.29) is 16.9 Å². The highest BCUT2D eigenvalue weighted by Crippen LogP contribution is 2.37. The summed E-state index contributed by atoms with van der Waals surface area (Å²) in [7, 11) is 2.71. The van der Waals surface area contributed by atoms with Crippen LogP contribution in [0.1, 0.15) is 21.5 Å². The molecule has 0 saturated carbocycles. The van der Waals surface area contributed by atoms with Gasteiger partial charge in [0.05, 0.1) is 42.6 Å². The Hall–Kier alpha value is -3.33. The van der Waals surface area contributed by atoms with Crippen LogP contribution in [0, 0.1) is 0 Å². The number of nitrogens with zero attached hydrogens (tertiary/aromatic N) is 2. The summed E-state index contributed by atoms with van der Waals surface area (Å²) in [4.78, 5) is 16.1. The molecule has 152 valence electrons. The third-order valence-electron chi connectivity index (χ3n) is 4.30. The van der Waals surface area contributed by atoms with Crippen molar-refractivity contribution < 1.29 is 27.4 Å². The summed E-state index contributed by atoms with van der Waals surface area (Å²) in [6.45, 7) is 0.450. The predicted octanol–water partition coefficient (Wildman–Crippen LogP) is 4.07. The zero-order chi connectivity index (χ0) is 21.2. The number of carbonyl (C=O) groups is 1. The van der Waals surface area contributed by atoms with Gasteiger partial charge >= 0.3 is 12.1 Å². The number of ether oxygens (including phenoxy) is 2. The predicted molar refractivity (Wildman–Crippen MR) is 100 cm³/mol. The number of nitrogen functional groups attached to an aromatic ring is 1. The molecular formula is C20H18F3N3O3. The number of aromatic nitrogens is 2. The van der Waals surface area contributed by atoms with Gasteiger partial charge in [0.15, 0.2) is 0 Å². The number of anilines is 1. The number of benzene rings is 2. The summed E-state index contributed by atoms with van der Waals surface area (Å²) in [6.07, 6.45) is -1.97. The molecule has 0 spiro atoms. The molecule has 9 heteroatoms. The van der Waals surface area contributed by atoms with Gasteiger partial charge in [-0.2, -0.15) is 13.2 Å². The van der Waals surface area contributed by atoms with Crippen LogP contribution in [-0.4, -0.2) is 29.7 Å². The van der Waals surface area contributed by atoms with Crippen LogP contribution in [0.2, 0.25) is 0 Å². The summed E-state index contributed by atoms with van der Waals surface area (Å²) in [6, 6.07) is 9.07. The molecular weight excluding hydrogens is 387 g/mol. The SMILES string of the molecule is COCc1ccc(-c2cn(-c3cc(C(=O)OC)c(N)cc3C(F)(F)F)cn2)cc1. The number of hydrogen-bond donors (Lipinski definition) is 1. The normalized spacial score (nSPS) is 11.5. The Bertz CT molecular complexity index is 1030. The van der Waals surface area contributed by atoms with Crippen molar-refractivity contribution in [2.75, 3.05) is 20.0 Å². The van der Waals surface area contributed by atoms with Gasteiger partial charge in [0, 0.05) is 24.6 Å².